The highest BCUT2D eigenvalue weighted by Gasteiger charge is 2.25. The third kappa shape index (κ3) is 6.03. The molecule has 0 unspecified atom stereocenters. The molecule has 214 valence electrons. The van der Waals surface area contributed by atoms with Crippen LogP contribution in [-0.2, 0) is 4.74 Å². The molecule has 0 bridgehead atoms. The molecule has 0 amide bonds. The number of nitrogens with one attached hydrogen (secondary N) is 3. The number of anilines is 4. The number of hydrogen-bond donors (Lipinski definition) is 3. The molecular formula is C31H36FN7O2. The Hall–Kier alpha value is -4.02. The van der Waals surface area contributed by atoms with E-state index in [1.54, 1.807) is 13.3 Å². The zero-order valence-electron chi connectivity index (χ0n) is 23.5. The Balaban J connectivity index is 1.29. The summed E-state index contributed by atoms with van der Waals surface area (Å²) in [7, 11) is 3.91. The first kappa shape index (κ1) is 27.2. The smallest absolute Gasteiger partial charge is 0.231 e. The van der Waals surface area contributed by atoms with E-state index in [1.165, 1.54) is 30.0 Å². The number of aromatic amines is 1. The lowest BCUT2D eigenvalue weighted by Gasteiger charge is -2.34. The average Bonchev–Trinajstić information content (AvgIpc) is 3.43. The van der Waals surface area contributed by atoms with Crippen molar-refractivity contribution < 1.29 is 13.9 Å². The number of H-pyrrole nitrogens is 1. The summed E-state index contributed by atoms with van der Waals surface area (Å²) in [5, 5.41) is 7.58. The average molecular weight is 558 g/mol. The second-order valence-corrected chi connectivity index (χ2v) is 11.0. The number of fused-ring (bicyclic) bond motifs is 1. The highest BCUT2D eigenvalue weighted by Crippen LogP contribution is 2.32. The number of carbonyl (C=O) groups excluding carboxylic acids is 1. The Morgan fingerprint density at radius 1 is 0.976 bits per heavy atom. The van der Waals surface area contributed by atoms with Crippen LogP contribution in [0, 0.1) is 5.82 Å². The summed E-state index contributed by atoms with van der Waals surface area (Å²) >= 11 is 0. The molecule has 3 N–H and O–H groups in total. The minimum atomic E-state index is -0.384. The van der Waals surface area contributed by atoms with Crippen LogP contribution >= 0.6 is 0 Å². The molecule has 2 aromatic heterocycles. The number of aromatic nitrogens is 3. The monoisotopic (exact) mass is 557 g/mol. The highest BCUT2D eigenvalue weighted by molar-refractivity contribution is 6.18. The number of ether oxygens (including phenoxy) is 1. The van der Waals surface area contributed by atoms with Gasteiger partial charge in [0.15, 0.2) is 5.78 Å². The van der Waals surface area contributed by atoms with Crippen LogP contribution in [0.15, 0.2) is 54.7 Å². The lowest BCUT2D eigenvalue weighted by molar-refractivity contribution is 0.0681. The SMILES string of the molecule is COC1CCC(Nc2nc(Nc3ccc(N4CCN(C)CC4)cc3)nc3[nH]cc(C(=O)c4ccc(F)cc4)c23)CC1. The number of ketones is 1. The standard InChI is InChI=1S/C31H36FN7O2/c1-38-15-17-39(18-16-38)24-11-7-23(8-12-24)35-31-36-29-27(30(37-31)34-22-9-13-25(41-2)14-10-22)26(19-33-29)28(40)20-3-5-21(32)6-4-20/h3-8,11-12,19,22,25H,9-10,13-18H2,1-2H3,(H3,33,34,35,36,37). The number of methoxy groups -OCH3 is 1. The summed E-state index contributed by atoms with van der Waals surface area (Å²) in [5.74, 6) is 0.427. The molecule has 1 saturated heterocycles. The first-order chi connectivity index (χ1) is 20.0. The van der Waals surface area contributed by atoms with Crippen molar-refractivity contribution in [2.45, 2.75) is 37.8 Å². The number of rotatable bonds is 8. The molecule has 4 aromatic rings. The van der Waals surface area contributed by atoms with Crippen molar-refractivity contribution in [3.63, 3.8) is 0 Å². The Bertz CT molecular complexity index is 1490. The topological polar surface area (TPSA) is 98.4 Å². The van der Waals surface area contributed by atoms with Crippen molar-refractivity contribution in [3.05, 3.63) is 71.7 Å². The van der Waals surface area contributed by atoms with Crippen molar-refractivity contribution in [3.8, 4) is 0 Å². The summed E-state index contributed by atoms with van der Waals surface area (Å²) < 4.78 is 19.1. The molecule has 9 nitrogen and oxygen atoms in total. The van der Waals surface area contributed by atoms with Crippen LogP contribution in [-0.4, -0.2) is 78.1 Å². The largest absolute Gasteiger partial charge is 0.381 e. The van der Waals surface area contributed by atoms with Crippen LogP contribution in [0.4, 0.5) is 27.5 Å². The van der Waals surface area contributed by atoms with E-state index in [0.717, 1.165) is 57.5 Å². The van der Waals surface area contributed by atoms with Gasteiger partial charge in [-0.15, -0.1) is 0 Å². The Morgan fingerprint density at radius 3 is 2.37 bits per heavy atom. The van der Waals surface area contributed by atoms with Gasteiger partial charge < -0.3 is 30.2 Å². The first-order valence-electron chi connectivity index (χ1n) is 14.3. The normalized spacial score (nSPS) is 19.8. The maximum atomic E-state index is 13.5. The van der Waals surface area contributed by atoms with Crippen molar-refractivity contribution in [2.24, 2.45) is 0 Å². The van der Waals surface area contributed by atoms with E-state index >= 15 is 0 Å². The maximum absolute atomic E-state index is 13.5. The van der Waals surface area contributed by atoms with Gasteiger partial charge in [-0.25, -0.2) is 4.39 Å². The fourth-order valence-electron chi connectivity index (χ4n) is 5.71. The van der Waals surface area contributed by atoms with Gasteiger partial charge in [-0.05, 0) is 81.3 Å². The van der Waals surface area contributed by atoms with Gasteiger partial charge in [0.05, 0.1) is 17.1 Å². The van der Waals surface area contributed by atoms with E-state index in [4.69, 9.17) is 14.7 Å². The zero-order valence-corrected chi connectivity index (χ0v) is 23.5. The van der Waals surface area contributed by atoms with Gasteiger partial charge in [0.2, 0.25) is 5.95 Å². The predicted molar refractivity (Wildman–Crippen MR) is 160 cm³/mol. The quantitative estimate of drug-likeness (QED) is 0.255. The van der Waals surface area contributed by atoms with Gasteiger partial charge in [-0.2, -0.15) is 9.97 Å². The van der Waals surface area contributed by atoms with Gasteiger partial charge in [-0.1, -0.05) is 0 Å². The summed E-state index contributed by atoms with van der Waals surface area (Å²) in [6.07, 6.45) is 5.72. The Morgan fingerprint density at radius 2 is 1.68 bits per heavy atom. The van der Waals surface area contributed by atoms with Crippen molar-refractivity contribution >= 4 is 40.0 Å². The number of hydrogen-bond acceptors (Lipinski definition) is 8. The van der Waals surface area contributed by atoms with E-state index < -0.39 is 0 Å². The van der Waals surface area contributed by atoms with Crippen LogP contribution in [0.3, 0.4) is 0 Å². The number of nitrogens with zero attached hydrogens (tertiary/aromatic N) is 4. The number of likely N-dealkylation sites (N-methyl/N-ethyl adjacent to an activating group) is 1. The molecule has 0 spiro atoms. The molecule has 3 heterocycles. The predicted octanol–water partition coefficient (Wildman–Crippen LogP) is 5.19. The van der Waals surface area contributed by atoms with Crippen LogP contribution in [0.1, 0.15) is 41.6 Å². The van der Waals surface area contributed by atoms with E-state index in [-0.39, 0.29) is 23.7 Å². The highest BCUT2D eigenvalue weighted by atomic mass is 19.1. The molecule has 1 saturated carbocycles. The van der Waals surface area contributed by atoms with Gasteiger partial charge in [0.1, 0.15) is 17.3 Å². The molecule has 2 fully saturated rings. The summed E-state index contributed by atoms with van der Waals surface area (Å²) in [6.45, 7) is 4.13. The van der Waals surface area contributed by atoms with Gasteiger partial charge in [0, 0.05) is 62.5 Å². The van der Waals surface area contributed by atoms with Crippen LogP contribution < -0.4 is 15.5 Å². The number of halogens is 1. The van der Waals surface area contributed by atoms with E-state index in [0.29, 0.717) is 33.9 Å². The second kappa shape index (κ2) is 11.8. The lowest BCUT2D eigenvalue weighted by Crippen LogP contribution is -2.44. The van der Waals surface area contributed by atoms with Gasteiger partial charge in [0.25, 0.3) is 0 Å². The van der Waals surface area contributed by atoms with E-state index in [9.17, 15) is 9.18 Å². The molecule has 2 aromatic carbocycles. The molecule has 1 aliphatic heterocycles. The summed E-state index contributed by atoms with van der Waals surface area (Å²) in [4.78, 5) is 30.9. The molecule has 0 atom stereocenters. The fraction of sp³-hybridized carbons (Fsp3) is 0.387. The third-order valence-corrected chi connectivity index (χ3v) is 8.22. The number of benzene rings is 2. The fourth-order valence-corrected chi connectivity index (χ4v) is 5.71. The van der Waals surface area contributed by atoms with Gasteiger partial charge in [-0.3, -0.25) is 4.79 Å². The van der Waals surface area contributed by atoms with Gasteiger partial charge >= 0.3 is 0 Å². The van der Waals surface area contributed by atoms with Crippen molar-refractivity contribution in [1.82, 2.24) is 19.9 Å². The molecule has 0 radical (unpaired) electrons. The van der Waals surface area contributed by atoms with E-state index in [2.05, 4.69) is 44.6 Å². The Labute approximate surface area is 239 Å². The molecular weight excluding hydrogens is 521 g/mol. The molecule has 10 heteroatoms. The third-order valence-electron chi connectivity index (χ3n) is 8.22. The number of piperazine rings is 1. The lowest BCUT2D eigenvalue weighted by atomic mass is 9.93. The molecule has 6 rings (SSSR count). The molecule has 1 aliphatic carbocycles. The first-order valence-corrected chi connectivity index (χ1v) is 14.3. The second-order valence-electron chi connectivity index (χ2n) is 11.0. The summed E-state index contributed by atoms with van der Waals surface area (Å²) in [5.41, 5.74) is 3.48. The van der Waals surface area contributed by atoms with Crippen molar-refractivity contribution in [1.29, 1.82) is 0 Å². The Kier molecular flexibility index (Phi) is 7.84. The summed E-state index contributed by atoms with van der Waals surface area (Å²) in [6, 6.07) is 14.1. The molecule has 2 aliphatic rings. The molecule has 41 heavy (non-hydrogen) atoms. The van der Waals surface area contributed by atoms with Crippen molar-refractivity contribution in [2.75, 3.05) is 55.9 Å². The van der Waals surface area contributed by atoms with Crippen LogP contribution in [0.25, 0.3) is 11.0 Å². The van der Waals surface area contributed by atoms with Crippen LogP contribution in [0.2, 0.25) is 0 Å². The number of carbonyl (C=O) groups is 1. The van der Waals surface area contributed by atoms with E-state index in [1.807, 2.05) is 12.1 Å². The maximum Gasteiger partial charge on any atom is 0.231 e. The minimum Gasteiger partial charge on any atom is -0.381 e. The zero-order chi connectivity index (χ0) is 28.3. The minimum absolute atomic E-state index is 0.193. The van der Waals surface area contributed by atoms with Crippen LogP contribution in [0.5, 0.6) is 0 Å².